The molecule has 1 atom stereocenters. The van der Waals surface area contributed by atoms with Crippen molar-refractivity contribution >= 4 is 34.2 Å². The number of likely N-dealkylation sites (N-methyl/N-ethyl adjacent to an activating group) is 1. The van der Waals surface area contributed by atoms with E-state index in [1.165, 1.54) is 12.1 Å². The molecule has 2 fully saturated rings. The quantitative estimate of drug-likeness (QED) is 0.140. The third kappa shape index (κ3) is 9.45. The Labute approximate surface area is 313 Å². The Morgan fingerprint density at radius 1 is 1.00 bits per heavy atom. The minimum absolute atomic E-state index is 0.0460. The first-order chi connectivity index (χ1) is 26.2. The van der Waals surface area contributed by atoms with E-state index < -0.39 is 11.7 Å². The van der Waals surface area contributed by atoms with Gasteiger partial charge in [0.25, 0.3) is 17.4 Å². The number of H-pyrrole nitrogens is 1. The Hall–Kier alpha value is -5.25. The van der Waals surface area contributed by atoms with E-state index in [-0.39, 0.29) is 61.4 Å². The molecule has 4 aromatic rings. The van der Waals surface area contributed by atoms with Gasteiger partial charge in [-0.15, -0.1) is 0 Å². The van der Waals surface area contributed by atoms with Crippen molar-refractivity contribution in [1.82, 2.24) is 40.5 Å². The van der Waals surface area contributed by atoms with Gasteiger partial charge in [0.05, 0.1) is 42.1 Å². The number of benzene rings is 2. The third-order valence-electron chi connectivity index (χ3n) is 10.1. The number of nitrogens with zero attached hydrogens (tertiary/aromatic N) is 5. The van der Waals surface area contributed by atoms with Gasteiger partial charge in [0, 0.05) is 63.8 Å². The van der Waals surface area contributed by atoms with Crippen LogP contribution in [0.25, 0.3) is 10.8 Å². The molecule has 2 aliphatic heterocycles. The molecule has 0 saturated carbocycles. The van der Waals surface area contributed by atoms with Crippen molar-refractivity contribution in [3.05, 3.63) is 99.0 Å². The molecule has 2 aromatic heterocycles. The minimum Gasteiger partial charge on any atom is -0.397 e. The number of aromatic nitrogens is 3. The molecule has 2 saturated heterocycles. The van der Waals surface area contributed by atoms with Gasteiger partial charge < -0.3 is 35.8 Å². The Bertz CT molecular complexity index is 2020. The fourth-order valence-electron chi connectivity index (χ4n) is 7.08. The topological polar surface area (TPSA) is 179 Å². The zero-order chi connectivity index (χ0) is 38.0. The summed E-state index contributed by atoms with van der Waals surface area (Å²) >= 11 is 0. The first kappa shape index (κ1) is 38.5. The summed E-state index contributed by atoms with van der Waals surface area (Å²) in [6.07, 6.45) is 4.28. The number of fused-ring (bicyclic) bond motifs is 1. The number of anilines is 1. The molecule has 4 heterocycles. The maximum Gasteiger partial charge on any atom is 0.272 e. The van der Waals surface area contributed by atoms with Crippen molar-refractivity contribution in [3.8, 4) is 0 Å². The van der Waals surface area contributed by atoms with Crippen LogP contribution in [0, 0.1) is 5.82 Å². The lowest BCUT2D eigenvalue weighted by molar-refractivity contribution is -0.131. The molecule has 2 aliphatic rings. The van der Waals surface area contributed by atoms with E-state index in [0.29, 0.717) is 66.3 Å². The Morgan fingerprint density at radius 3 is 2.54 bits per heavy atom. The second-order valence-electron chi connectivity index (χ2n) is 13.7. The van der Waals surface area contributed by atoms with Gasteiger partial charge in [-0.3, -0.25) is 19.2 Å². The van der Waals surface area contributed by atoms with Gasteiger partial charge in [0.1, 0.15) is 5.82 Å². The van der Waals surface area contributed by atoms with Crippen molar-refractivity contribution in [2.45, 2.75) is 32.1 Å². The number of carbonyl (C=O) groups excluding carboxylic acids is 3. The van der Waals surface area contributed by atoms with Crippen LogP contribution in [0.15, 0.2) is 59.5 Å². The molecule has 1 unspecified atom stereocenters. The number of carbonyl (C=O) groups is 3. The normalized spacial score (nSPS) is 16.4. The number of nitrogens with two attached hydrogens (primary N) is 1. The Morgan fingerprint density at radius 2 is 1.76 bits per heavy atom. The lowest BCUT2D eigenvalue weighted by Crippen LogP contribution is -2.52. The first-order valence-electron chi connectivity index (χ1n) is 18.6. The summed E-state index contributed by atoms with van der Waals surface area (Å²) in [7, 11) is 0. The molecule has 5 N–H and O–H groups in total. The highest BCUT2D eigenvalue weighted by molar-refractivity contribution is 5.97. The van der Waals surface area contributed by atoms with Crippen LogP contribution in [0.2, 0.25) is 0 Å². The standard InChI is InChI=1S/C39H48FN9O5/c1-2-47-13-5-6-27(25-47)28-22-33(41)36(44-23-28)38(52)43-12-19-54-18-11-42-24-35(50)48-14-16-49(17-15-48)39(53)31-20-26(9-10-32(31)40)21-34-29-7-3-4-8-30(29)37(51)46-45-34/h3-4,7-10,20,22-23,27,42H,2,5-6,11-19,21,24-25,41H2,1H3,(H,43,52)(H,46,51). The van der Waals surface area contributed by atoms with Crippen LogP contribution in [0.3, 0.4) is 0 Å². The fourth-order valence-corrected chi connectivity index (χ4v) is 7.08. The predicted octanol–water partition coefficient (Wildman–Crippen LogP) is 2.15. The van der Waals surface area contributed by atoms with E-state index >= 15 is 0 Å². The van der Waals surface area contributed by atoms with Crippen LogP contribution in [-0.2, 0) is 16.0 Å². The number of aromatic amines is 1. The molecule has 54 heavy (non-hydrogen) atoms. The Balaban J connectivity index is 0.870. The van der Waals surface area contributed by atoms with Gasteiger partial charge in [0.2, 0.25) is 5.91 Å². The average Bonchev–Trinajstić information content (AvgIpc) is 3.20. The Kier molecular flexibility index (Phi) is 13.0. The van der Waals surface area contributed by atoms with Crippen LogP contribution >= 0.6 is 0 Å². The highest BCUT2D eigenvalue weighted by atomic mass is 19.1. The maximum absolute atomic E-state index is 14.9. The van der Waals surface area contributed by atoms with Crippen LogP contribution in [-0.4, -0.2) is 126 Å². The van der Waals surface area contributed by atoms with Gasteiger partial charge in [-0.1, -0.05) is 31.2 Å². The SMILES string of the molecule is CCN1CCCC(c2cnc(C(=O)NCCOCCNCC(=O)N3CCN(C(=O)c4cc(Cc5n[nH]c(=O)c6ccccc56)ccc4F)CC3)c(N)c2)C1. The van der Waals surface area contributed by atoms with E-state index in [2.05, 4.69) is 37.6 Å². The van der Waals surface area contributed by atoms with Crippen molar-refractivity contribution in [2.75, 3.05) is 84.4 Å². The van der Waals surface area contributed by atoms with E-state index in [4.69, 9.17) is 10.5 Å². The van der Waals surface area contributed by atoms with Crippen molar-refractivity contribution in [2.24, 2.45) is 0 Å². The summed E-state index contributed by atoms with van der Waals surface area (Å²) in [5.41, 5.74) is 8.81. The van der Waals surface area contributed by atoms with Gasteiger partial charge in [-0.2, -0.15) is 5.10 Å². The minimum atomic E-state index is -0.625. The van der Waals surface area contributed by atoms with Crippen LogP contribution in [0.4, 0.5) is 10.1 Å². The monoisotopic (exact) mass is 741 g/mol. The second-order valence-corrected chi connectivity index (χ2v) is 13.7. The number of ether oxygens (including phenoxy) is 1. The number of hydrogen-bond acceptors (Lipinski definition) is 10. The number of halogens is 1. The summed E-state index contributed by atoms with van der Waals surface area (Å²) in [6.45, 7) is 7.94. The highest BCUT2D eigenvalue weighted by Gasteiger charge is 2.27. The average molecular weight is 742 g/mol. The van der Waals surface area contributed by atoms with Gasteiger partial charge >= 0.3 is 0 Å². The molecular formula is C39H48FN9O5. The van der Waals surface area contributed by atoms with Crippen molar-refractivity contribution in [1.29, 1.82) is 0 Å². The zero-order valence-corrected chi connectivity index (χ0v) is 30.6. The molecule has 15 heteroatoms. The molecule has 3 amide bonds. The first-order valence-corrected chi connectivity index (χ1v) is 18.6. The number of amides is 3. The lowest BCUT2D eigenvalue weighted by Gasteiger charge is -2.35. The van der Waals surface area contributed by atoms with Crippen LogP contribution in [0.5, 0.6) is 0 Å². The summed E-state index contributed by atoms with van der Waals surface area (Å²) in [5.74, 6) is -1.15. The summed E-state index contributed by atoms with van der Waals surface area (Å²) in [4.78, 5) is 61.0. The maximum atomic E-state index is 14.9. The molecule has 0 aliphatic carbocycles. The molecular weight excluding hydrogens is 693 g/mol. The summed E-state index contributed by atoms with van der Waals surface area (Å²) < 4.78 is 20.5. The van der Waals surface area contributed by atoms with E-state index in [1.54, 1.807) is 34.2 Å². The number of nitrogen functional groups attached to an aromatic ring is 1. The summed E-state index contributed by atoms with van der Waals surface area (Å²) in [5, 5.41) is 13.8. The number of piperidine rings is 1. The fraction of sp³-hybridized carbons (Fsp3) is 0.436. The van der Waals surface area contributed by atoms with Crippen LogP contribution < -0.4 is 21.9 Å². The van der Waals surface area contributed by atoms with Gasteiger partial charge in [-0.05, 0) is 67.2 Å². The van der Waals surface area contributed by atoms with Crippen molar-refractivity contribution < 1.29 is 23.5 Å². The number of pyridine rings is 1. The van der Waals surface area contributed by atoms with E-state index in [1.807, 2.05) is 18.2 Å². The number of nitrogens with one attached hydrogen (secondary N) is 3. The number of rotatable bonds is 14. The highest BCUT2D eigenvalue weighted by Crippen LogP contribution is 2.28. The van der Waals surface area contributed by atoms with E-state index in [0.717, 1.165) is 38.0 Å². The molecule has 0 bridgehead atoms. The lowest BCUT2D eigenvalue weighted by atomic mass is 9.91. The number of likely N-dealkylation sites (tertiary alicyclic amines) is 1. The van der Waals surface area contributed by atoms with Crippen molar-refractivity contribution in [3.63, 3.8) is 0 Å². The van der Waals surface area contributed by atoms with Gasteiger partial charge in [-0.25, -0.2) is 14.5 Å². The molecule has 14 nitrogen and oxygen atoms in total. The zero-order valence-electron chi connectivity index (χ0n) is 30.6. The largest absolute Gasteiger partial charge is 0.397 e. The molecule has 6 rings (SSSR count). The third-order valence-corrected chi connectivity index (χ3v) is 10.1. The smallest absolute Gasteiger partial charge is 0.272 e. The van der Waals surface area contributed by atoms with Crippen LogP contribution in [0.1, 0.15) is 63.4 Å². The predicted molar refractivity (Wildman–Crippen MR) is 203 cm³/mol. The molecule has 286 valence electrons. The second kappa shape index (κ2) is 18.2. The van der Waals surface area contributed by atoms with Gasteiger partial charge in [0.15, 0.2) is 5.69 Å². The molecule has 2 aromatic carbocycles. The summed E-state index contributed by atoms with van der Waals surface area (Å²) in [6, 6.07) is 13.4. The van der Waals surface area contributed by atoms with E-state index in [9.17, 15) is 23.6 Å². The number of piperazine rings is 1. The molecule has 0 spiro atoms. The number of hydrogen-bond donors (Lipinski definition) is 4. The molecule has 0 radical (unpaired) electrons.